The van der Waals surface area contributed by atoms with Gasteiger partial charge in [0.1, 0.15) is 13.3 Å². The second-order valence-corrected chi connectivity index (χ2v) is 2.20. The molecule has 8 heteroatoms. The number of carbonyl (C=O) groups is 2. The van der Waals surface area contributed by atoms with Gasteiger partial charge in [-0.05, 0) is 0 Å². The van der Waals surface area contributed by atoms with Gasteiger partial charge in [-0.25, -0.2) is 29.0 Å². The van der Waals surface area contributed by atoms with Crippen molar-refractivity contribution in [1.82, 2.24) is 9.80 Å². The average Bonchev–Trinajstić information content (AvgIpc) is 2.19. The Hall–Kier alpha value is -2.30. The minimum Gasteiger partial charge on any atom is -0.247 e. The van der Waals surface area contributed by atoms with Gasteiger partial charge < -0.3 is 0 Å². The first-order valence-corrected chi connectivity index (χ1v) is 3.42. The van der Waals surface area contributed by atoms with Crippen LogP contribution in [0.3, 0.4) is 0 Å². The summed E-state index contributed by atoms with van der Waals surface area (Å²) in [5.41, 5.74) is 0. The van der Waals surface area contributed by atoms with Crippen LogP contribution in [-0.4, -0.2) is 47.4 Å². The van der Waals surface area contributed by atoms with Crippen LogP contribution in [0.25, 0.3) is 0 Å². The van der Waals surface area contributed by atoms with Gasteiger partial charge in [-0.15, -0.1) is 0 Å². The predicted molar refractivity (Wildman–Crippen MR) is 67.4 cm³/mol. The van der Waals surface area contributed by atoms with Crippen LogP contribution in [-0.2, 0) is 9.59 Å². The molecule has 0 radical (unpaired) electrons. The molecule has 0 aromatic heterocycles. The van der Waals surface area contributed by atoms with Gasteiger partial charge in [-0.3, -0.25) is 0 Å². The van der Waals surface area contributed by atoms with E-state index in [0.717, 1.165) is 0 Å². The fourth-order valence-electron chi connectivity index (χ4n) is 0.851. The summed E-state index contributed by atoms with van der Waals surface area (Å²) < 4.78 is 0. The first-order valence-electron chi connectivity index (χ1n) is 3.42. The highest BCUT2D eigenvalue weighted by atomic mass is 16.2. The summed E-state index contributed by atoms with van der Waals surface area (Å²) >= 11 is 0. The van der Waals surface area contributed by atoms with Gasteiger partial charge in [-0.1, -0.05) is 29.7 Å². The molecule has 1 rings (SSSR count). The second-order valence-electron chi connectivity index (χ2n) is 2.20. The van der Waals surface area contributed by atoms with Gasteiger partial charge in [-0.2, -0.15) is 9.98 Å². The molecule has 0 atom stereocenters. The molecule has 0 N–H and O–H groups in total. The Morgan fingerprint density at radius 3 is 1.28 bits per heavy atom. The van der Waals surface area contributed by atoms with E-state index in [2.05, 4.69) is 9.98 Å². The molecule has 0 aromatic carbocycles. The van der Waals surface area contributed by atoms with Crippen LogP contribution in [0.4, 0.5) is 9.59 Å². The quantitative estimate of drug-likeness (QED) is 0.569. The van der Waals surface area contributed by atoms with Crippen LogP contribution >= 0.6 is 0 Å². The number of aliphatic imine (C=N–C) groups is 2. The van der Waals surface area contributed by atoms with Crippen LogP contribution in [0, 0.1) is 0 Å². The Morgan fingerprint density at radius 2 is 1.06 bits per heavy atom. The minimum absolute atomic E-state index is 0. The number of carbonyl (C=O) groups excluding carboxylic acids is 4. The standard InChI is InChI=1S/C6H4N4O4.4CH4/c11-3-7-1-9-5(13)10(6(9)14)2-8-4-12;;;;/h1-2H2;4*1H4. The molecule has 1 saturated heterocycles. The maximum atomic E-state index is 11.0. The monoisotopic (exact) mass is 260 g/mol. The summed E-state index contributed by atoms with van der Waals surface area (Å²) in [4.78, 5) is 49.0. The van der Waals surface area contributed by atoms with E-state index in [1.807, 2.05) is 0 Å². The lowest BCUT2D eigenvalue weighted by Gasteiger charge is -2.35. The summed E-state index contributed by atoms with van der Waals surface area (Å²) in [6.07, 6.45) is 2.38. The maximum absolute atomic E-state index is 11.0. The predicted octanol–water partition coefficient (Wildman–Crippen LogP) is 1.98. The lowest BCUT2D eigenvalue weighted by molar-refractivity contribution is 0.108. The topological polar surface area (TPSA) is 99.5 Å². The van der Waals surface area contributed by atoms with Gasteiger partial charge in [0.15, 0.2) is 0 Å². The maximum Gasteiger partial charge on any atom is 0.339 e. The van der Waals surface area contributed by atoms with Crippen LogP contribution in [0.15, 0.2) is 9.98 Å². The summed E-state index contributed by atoms with van der Waals surface area (Å²) in [7, 11) is 0. The van der Waals surface area contributed by atoms with Crippen molar-refractivity contribution in [3.8, 4) is 0 Å². The SMILES string of the molecule is C.C.C.C.O=C=NCN1C(=O)N(CN=C=O)C1=O. The van der Waals surface area contributed by atoms with Crippen molar-refractivity contribution in [2.24, 2.45) is 9.98 Å². The van der Waals surface area contributed by atoms with E-state index in [-0.39, 0.29) is 43.0 Å². The van der Waals surface area contributed by atoms with Crippen molar-refractivity contribution >= 4 is 24.2 Å². The highest BCUT2D eigenvalue weighted by molar-refractivity contribution is 6.11. The number of rotatable bonds is 4. The fourth-order valence-corrected chi connectivity index (χ4v) is 0.851. The molecule has 0 saturated carbocycles. The van der Waals surface area contributed by atoms with Gasteiger partial charge in [0.25, 0.3) is 0 Å². The number of nitrogens with zero attached hydrogens (tertiary/aromatic N) is 4. The van der Waals surface area contributed by atoms with E-state index in [9.17, 15) is 19.2 Å². The van der Waals surface area contributed by atoms with E-state index in [1.165, 1.54) is 12.2 Å². The summed E-state index contributed by atoms with van der Waals surface area (Å²) in [6, 6.07) is -1.32. The molecular weight excluding hydrogens is 240 g/mol. The molecule has 18 heavy (non-hydrogen) atoms. The first kappa shape index (κ1) is 24.8. The normalized spacial score (nSPS) is 11.1. The molecule has 0 unspecified atom stereocenters. The third kappa shape index (κ3) is 4.69. The van der Waals surface area contributed by atoms with Crippen LogP contribution in [0.2, 0.25) is 0 Å². The number of hydrogen-bond acceptors (Lipinski definition) is 6. The van der Waals surface area contributed by atoms with E-state index in [4.69, 9.17) is 0 Å². The van der Waals surface area contributed by atoms with Gasteiger partial charge in [0, 0.05) is 0 Å². The van der Waals surface area contributed by atoms with Crippen molar-refractivity contribution in [3.63, 3.8) is 0 Å². The number of urea groups is 2. The first-order chi connectivity index (χ1) is 6.72. The lowest BCUT2D eigenvalue weighted by Crippen LogP contribution is -2.63. The Balaban J connectivity index is -0.000000245. The summed E-state index contributed by atoms with van der Waals surface area (Å²) in [5, 5.41) is 0. The second kappa shape index (κ2) is 11.2. The number of hydrogen-bond donors (Lipinski definition) is 0. The molecule has 1 heterocycles. The number of imide groups is 2. The van der Waals surface area contributed by atoms with E-state index in [0.29, 0.717) is 9.80 Å². The molecule has 0 aliphatic carbocycles. The highest BCUT2D eigenvalue weighted by Gasteiger charge is 2.43. The molecule has 1 aliphatic heterocycles. The summed E-state index contributed by atoms with van der Waals surface area (Å²) in [5.74, 6) is 0. The lowest BCUT2D eigenvalue weighted by atomic mass is 10.5. The molecular formula is C10H20N4O4. The van der Waals surface area contributed by atoms with Crippen molar-refractivity contribution in [1.29, 1.82) is 0 Å². The molecule has 0 aromatic rings. The van der Waals surface area contributed by atoms with E-state index < -0.39 is 12.1 Å². The van der Waals surface area contributed by atoms with E-state index >= 15 is 0 Å². The molecule has 8 nitrogen and oxygen atoms in total. The van der Waals surface area contributed by atoms with Crippen LogP contribution in [0.5, 0.6) is 0 Å². The third-order valence-corrected chi connectivity index (χ3v) is 1.48. The van der Waals surface area contributed by atoms with Gasteiger partial charge >= 0.3 is 12.1 Å². The largest absolute Gasteiger partial charge is 0.339 e. The average molecular weight is 260 g/mol. The molecule has 1 aliphatic rings. The molecule has 4 amide bonds. The van der Waals surface area contributed by atoms with Crippen molar-refractivity contribution in [2.75, 3.05) is 13.3 Å². The zero-order chi connectivity index (χ0) is 10.6. The molecule has 104 valence electrons. The zero-order valence-corrected chi connectivity index (χ0v) is 6.84. The minimum atomic E-state index is -0.659. The fraction of sp³-hybridized carbons (Fsp3) is 0.600. The van der Waals surface area contributed by atoms with Crippen molar-refractivity contribution in [2.45, 2.75) is 29.7 Å². The Bertz CT molecular complexity index is 322. The number of isocyanates is 2. The molecule has 0 spiro atoms. The van der Waals surface area contributed by atoms with Crippen molar-refractivity contribution in [3.05, 3.63) is 0 Å². The Morgan fingerprint density at radius 1 is 0.778 bits per heavy atom. The van der Waals surface area contributed by atoms with Gasteiger partial charge in [0.2, 0.25) is 12.2 Å². The van der Waals surface area contributed by atoms with Crippen LogP contribution < -0.4 is 0 Å². The van der Waals surface area contributed by atoms with Crippen molar-refractivity contribution < 1.29 is 19.2 Å². The third-order valence-electron chi connectivity index (χ3n) is 1.48. The molecule has 0 bridgehead atoms. The van der Waals surface area contributed by atoms with E-state index in [1.54, 1.807) is 0 Å². The zero-order valence-electron chi connectivity index (χ0n) is 6.84. The highest BCUT2D eigenvalue weighted by Crippen LogP contribution is 2.14. The summed E-state index contributed by atoms with van der Waals surface area (Å²) in [6.45, 7) is -0.717. The van der Waals surface area contributed by atoms with Gasteiger partial charge in [0.05, 0.1) is 0 Å². The Labute approximate surface area is 107 Å². The number of amides is 4. The van der Waals surface area contributed by atoms with Crippen LogP contribution in [0.1, 0.15) is 29.7 Å². The Kier molecular flexibility index (Phi) is 15.4. The smallest absolute Gasteiger partial charge is 0.247 e. The molecule has 1 fully saturated rings.